The van der Waals surface area contributed by atoms with E-state index >= 15 is 0 Å². The fraction of sp³-hybridized carbons (Fsp3) is 0.545. The molecule has 2 unspecified atom stereocenters. The highest BCUT2D eigenvalue weighted by molar-refractivity contribution is 5.90. The van der Waals surface area contributed by atoms with Gasteiger partial charge < -0.3 is 24.3 Å². The number of methoxy groups -OCH3 is 1. The molecule has 1 saturated heterocycles. The summed E-state index contributed by atoms with van der Waals surface area (Å²) in [6.07, 6.45) is 4.92. The summed E-state index contributed by atoms with van der Waals surface area (Å²) < 4.78 is 13.1. The largest absolute Gasteiger partial charge is 0.382 e. The summed E-state index contributed by atoms with van der Waals surface area (Å²) in [4.78, 5) is 37.4. The Morgan fingerprint density at radius 1 is 1.21 bits per heavy atom. The van der Waals surface area contributed by atoms with Crippen LogP contribution >= 0.6 is 0 Å². The Hall–Kier alpha value is -3.18. The second-order valence-corrected chi connectivity index (χ2v) is 8.25. The SMILES string of the molecule is CCn1c(-c2cnc(C)nc2)nc2c(N[C@@H](COC)C(=O)N3CC(C)OC(C)C3)ncnc21. The van der Waals surface area contributed by atoms with Gasteiger partial charge in [0.1, 0.15) is 24.0 Å². The van der Waals surface area contributed by atoms with Gasteiger partial charge in [-0.1, -0.05) is 0 Å². The Morgan fingerprint density at radius 2 is 1.91 bits per heavy atom. The van der Waals surface area contributed by atoms with E-state index in [2.05, 4.69) is 25.3 Å². The minimum atomic E-state index is -0.622. The summed E-state index contributed by atoms with van der Waals surface area (Å²) in [7, 11) is 1.57. The molecule has 176 valence electrons. The number of morpholine rings is 1. The standard InChI is InChI=1S/C22H30N8O3/c1-6-30-20(16-7-23-15(4)24-8-16)28-18-19(25-12-26-21(18)30)27-17(11-32-5)22(31)29-9-13(2)33-14(3)10-29/h7-8,12-14,17H,6,9-11H2,1-5H3,(H,25,26,27)/t13?,14?,17-/m0/s1. The third-order valence-electron chi connectivity index (χ3n) is 5.56. The lowest BCUT2D eigenvalue weighted by molar-refractivity contribution is -0.145. The smallest absolute Gasteiger partial charge is 0.247 e. The molecule has 3 atom stereocenters. The molecule has 0 aliphatic carbocycles. The van der Waals surface area contributed by atoms with Gasteiger partial charge in [0.15, 0.2) is 17.0 Å². The van der Waals surface area contributed by atoms with Gasteiger partial charge in [0.25, 0.3) is 0 Å². The first kappa shape index (κ1) is 23.0. The van der Waals surface area contributed by atoms with Crippen molar-refractivity contribution in [2.45, 2.75) is 52.5 Å². The molecule has 1 aliphatic rings. The number of hydrogen-bond acceptors (Lipinski definition) is 9. The number of rotatable bonds is 7. The van der Waals surface area contributed by atoms with Gasteiger partial charge in [0.2, 0.25) is 5.91 Å². The van der Waals surface area contributed by atoms with Gasteiger partial charge in [-0.05, 0) is 27.7 Å². The minimum Gasteiger partial charge on any atom is -0.382 e. The van der Waals surface area contributed by atoms with Crippen LogP contribution in [-0.4, -0.2) is 85.4 Å². The highest BCUT2D eigenvalue weighted by Gasteiger charge is 2.31. The number of hydrogen-bond donors (Lipinski definition) is 1. The van der Waals surface area contributed by atoms with Crippen LogP contribution in [-0.2, 0) is 20.8 Å². The lowest BCUT2D eigenvalue weighted by Gasteiger charge is -2.37. The second-order valence-electron chi connectivity index (χ2n) is 8.25. The third-order valence-corrected chi connectivity index (χ3v) is 5.56. The summed E-state index contributed by atoms with van der Waals surface area (Å²) in [5.74, 6) is 1.80. The lowest BCUT2D eigenvalue weighted by Crippen LogP contribution is -2.53. The average molecular weight is 455 g/mol. The van der Waals surface area contributed by atoms with E-state index in [1.807, 2.05) is 37.2 Å². The fourth-order valence-corrected chi connectivity index (χ4v) is 4.15. The Bertz CT molecular complexity index is 1110. The molecule has 0 radical (unpaired) electrons. The number of nitrogens with zero attached hydrogens (tertiary/aromatic N) is 7. The molecule has 3 aromatic rings. The van der Waals surface area contributed by atoms with Gasteiger partial charge in [-0.15, -0.1) is 0 Å². The Kier molecular flexibility index (Phi) is 6.80. The van der Waals surface area contributed by atoms with Crippen LogP contribution < -0.4 is 5.32 Å². The molecule has 11 nitrogen and oxygen atoms in total. The van der Waals surface area contributed by atoms with Crippen LogP contribution in [0.3, 0.4) is 0 Å². The van der Waals surface area contributed by atoms with Crippen molar-refractivity contribution < 1.29 is 14.3 Å². The van der Waals surface area contributed by atoms with Gasteiger partial charge in [-0.25, -0.2) is 24.9 Å². The number of nitrogens with one attached hydrogen (secondary N) is 1. The molecule has 4 heterocycles. The maximum absolute atomic E-state index is 13.3. The van der Waals surface area contributed by atoms with E-state index in [-0.39, 0.29) is 24.7 Å². The van der Waals surface area contributed by atoms with Gasteiger partial charge in [0.05, 0.1) is 24.4 Å². The average Bonchev–Trinajstić information content (AvgIpc) is 3.17. The Balaban J connectivity index is 1.68. The Labute approximate surface area is 192 Å². The first-order chi connectivity index (χ1) is 15.9. The van der Waals surface area contributed by atoms with Crippen LogP contribution in [0.1, 0.15) is 26.6 Å². The van der Waals surface area contributed by atoms with E-state index in [4.69, 9.17) is 14.5 Å². The number of imidazole rings is 1. The van der Waals surface area contributed by atoms with Crippen molar-refractivity contribution in [3.63, 3.8) is 0 Å². The quantitative estimate of drug-likeness (QED) is 0.568. The second kappa shape index (κ2) is 9.75. The molecule has 0 aromatic carbocycles. The summed E-state index contributed by atoms with van der Waals surface area (Å²) in [6.45, 7) is 9.71. The molecule has 1 amide bonds. The molecule has 3 aromatic heterocycles. The topological polar surface area (TPSA) is 120 Å². The first-order valence-electron chi connectivity index (χ1n) is 11.1. The van der Waals surface area contributed by atoms with E-state index in [1.54, 1.807) is 19.5 Å². The molecule has 0 saturated carbocycles. The molecule has 0 spiro atoms. The van der Waals surface area contributed by atoms with Crippen molar-refractivity contribution >= 4 is 22.9 Å². The van der Waals surface area contributed by atoms with E-state index in [9.17, 15) is 4.79 Å². The number of carbonyl (C=O) groups is 1. The number of anilines is 1. The van der Waals surface area contributed by atoms with E-state index in [0.29, 0.717) is 48.3 Å². The van der Waals surface area contributed by atoms with Crippen molar-refractivity contribution in [1.29, 1.82) is 0 Å². The summed E-state index contributed by atoms with van der Waals surface area (Å²) >= 11 is 0. The van der Waals surface area contributed by atoms with Crippen LogP contribution in [0.25, 0.3) is 22.6 Å². The zero-order chi connectivity index (χ0) is 23.5. The molecule has 0 bridgehead atoms. The lowest BCUT2D eigenvalue weighted by atomic mass is 10.2. The van der Waals surface area contributed by atoms with Gasteiger partial charge in [-0.2, -0.15) is 0 Å². The van der Waals surface area contributed by atoms with Crippen molar-refractivity contribution in [3.8, 4) is 11.4 Å². The summed E-state index contributed by atoms with van der Waals surface area (Å²) in [5.41, 5.74) is 2.03. The number of fused-ring (bicyclic) bond motifs is 1. The number of amides is 1. The van der Waals surface area contributed by atoms with E-state index < -0.39 is 6.04 Å². The van der Waals surface area contributed by atoms with Crippen LogP contribution in [0.2, 0.25) is 0 Å². The number of carbonyl (C=O) groups excluding carboxylic acids is 1. The van der Waals surface area contributed by atoms with E-state index in [0.717, 1.165) is 5.56 Å². The highest BCUT2D eigenvalue weighted by atomic mass is 16.5. The zero-order valence-corrected chi connectivity index (χ0v) is 19.6. The molecule has 4 rings (SSSR count). The van der Waals surface area contributed by atoms with Crippen LogP contribution in [0, 0.1) is 6.92 Å². The van der Waals surface area contributed by atoms with Crippen LogP contribution in [0.4, 0.5) is 5.82 Å². The molecule has 11 heteroatoms. The molecule has 1 aliphatic heterocycles. The molecule has 33 heavy (non-hydrogen) atoms. The summed E-state index contributed by atoms with van der Waals surface area (Å²) in [6, 6.07) is -0.622. The molecule has 1 N–H and O–H groups in total. The van der Waals surface area contributed by atoms with Crippen molar-refractivity contribution in [1.82, 2.24) is 34.4 Å². The number of aromatic nitrogens is 6. The molecular formula is C22H30N8O3. The third kappa shape index (κ3) is 4.79. The van der Waals surface area contributed by atoms with Crippen LogP contribution in [0.15, 0.2) is 18.7 Å². The maximum atomic E-state index is 13.3. The first-order valence-corrected chi connectivity index (χ1v) is 11.1. The van der Waals surface area contributed by atoms with Crippen molar-refractivity contribution in [2.75, 3.05) is 32.1 Å². The van der Waals surface area contributed by atoms with Gasteiger partial charge >= 0.3 is 0 Å². The maximum Gasteiger partial charge on any atom is 0.247 e. The summed E-state index contributed by atoms with van der Waals surface area (Å²) in [5, 5.41) is 3.26. The monoisotopic (exact) mass is 454 g/mol. The van der Waals surface area contributed by atoms with Crippen molar-refractivity contribution in [3.05, 3.63) is 24.5 Å². The Morgan fingerprint density at radius 3 is 2.55 bits per heavy atom. The normalized spacial score (nSPS) is 19.6. The van der Waals surface area contributed by atoms with Crippen LogP contribution in [0.5, 0.6) is 0 Å². The minimum absolute atomic E-state index is 0.0220. The van der Waals surface area contributed by atoms with Gasteiger partial charge in [-0.3, -0.25) is 4.79 Å². The number of aryl methyl sites for hydroxylation is 2. The molecule has 1 fully saturated rings. The van der Waals surface area contributed by atoms with Crippen molar-refractivity contribution in [2.24, 2.45) is 0 Å². The predicted octanol–water partition coefficient (Wildman–Crippen LogP) is 1.67. The molecular weight excluding hydrogens is 424 g/mol. The number of ether oxygens (including phenoxy) is 2. The highest BCUT2D eigenvalue weighted by Crippen LogP contribution is 2.27. The van der Waals surface area contributed by atoms with E-state index in [1.165, 1.54) is 6.33 Å². The zero-order valence-electron chi connectivity index (χ0n) is 19.6. The predicted molar refractivity (Wildman–Crippen MR) is 123 cm³/mol. The van der Waals surface area contributed by atoms with Gasteiger partial charge in [0, 0.05) is 39.1 Å². The fourth-order valence-electron chi connectivity index (χ4n) is 4.15.